The molecular weight excluding hydrogens is 262 g/mol. The monoisotopic (exact) mass is 289 g/mol. The molecule has 0 bridgehead atoms. The predicted molar refractivity (Wildman–Crippen MR) is 86.2 cm³/mol. The minimum absolute atomic E-state index is 0.0621. The molecule has 4 nitrogen and oxygen atoms in total. The fraction of sp³-hybridized carbons (Fsp3) is 0.588. The SMILES string of the molecule is CCCCCN1CCN(C(=O)NCc2ccccc2)CC1. The Kier molecular flexibility index (Phi) is 6.54. The summed E-state index contributed by atoms with van der Waals surface area (Å²) < 4.78 is 0. The number of rotatable bonds is 6. The van der Waals surface area contributed by atoms with Gasteiger partial charge in [-0.25, -0.2) is 4.79 Å². The smallest absolute Gasteiger partial charge is 0.317 e. The molecule has 116 valence electrons. The number of benzene rings is 1. The molecule has 1 saturated heterocycles. The number of urea groups is 1. The number of unbranched alkanes of at least 4 members (excludes halogenated alkanes) is 2. The first kappa shape index (κ1) is 15.8. The first-order chi connectivity index (χ1) is 10.3. The molecule has 1 aliphatic heterocycles. The van der Waals surface area contributed by atoms with Gasteiger partial charge in [0, 0.05) is 32.7 Å². The van der Waals surface area contributed by atoms with Crippen LogP contribution in [0, 0.1) is 0 Å². The van der Waals surface area contributed by atoms with Crippen LogP contribution in [0.3, 0.4) is 0 Å². The normalized spacial score (nSPS) is 16.0. The van der Waals surface area contributed by atoms with Crippen molar-refractivity contribution >= 4 is 6.03 Å². The number of hydrogen-bond donors (Lipinski definition) is 1. The summed E-state index contributed by atoms with van der Waals surface area (Å²) in [5.41, 5.74) is 1.14. The lowest BCUT2D eigenvalue weighted by atomic mass is 10.2. The molecule has 1 aromatic rings. The molecule has 2 rings (SSSR count). The number of piperazine rings is 1. The number of hydrogen-bond acceptors (Lipinski definition) is 2. The van der Waals surface area contributed by atoms with Gasteiger partial charge in [-0.05, 0) is 18.5 Å². The third kappa shape index (κ3) is 5.38. The number of nitrogens with zero attached hydrogens (tertiary/aromatic N) is 2. The van der Waals surface area contributed by atoms with Gasteiger partial charge >= 0.3 is 6.03 Å². The van der Waals surface area contributed by atoms with Crippen LogP contribution in [0.25, 0.3) is 0 Å². The Bertz CT molecular complexity index is 413. The summed E-state index contributed by atoms with van der Waals surface area (Å²) in [6.07, 6.45) is 3.84. The van der Waals surface area contributed by atoms with Crippen LogP contribution >= 0.6 is 0 Å². The zero-order valence-corrected chi connectivity index (χ0v) is 13.1. The summed E-state index contributed by atoms with van der Waals surface area (Å²) in [6.45, 7) is 7.70. The second-order valence-electron chi connectivity index (χ2n) is 5.68. The number of amides is 2. The van der Waals surface area contributed by atoms with E-state index in [1.165, 1.54) is 25.8 Å². The van der Waals surface area contributed by atoms with E-state index >= 15 is 0 Å². The van der Waals surface area contributed by atoms with E-state index in [9.17, 15) is 4.79 Å². The van der Waals surface area contributed by atoms with E-state index in [4.69, 9.17) is 0 Å². The summed E-state index contributed by atoms with van der Waals surface area (Å²) >= 11 is 0. The molecule has 0 radical (unpaired) electrons. The third-order valence-corrected chi connectivity index (χ3v) is 4.02. The van der Waals surface area contributed by atoms with Gasteiger partial charge in [0.05, 0.1) is 0 Å². The summed E-state index contributed by atoms with van der Waals surface area (Å²) in [5.74, 6) is 0. The summed E-state index contributed by atoms with van der Waals surface area (Å²) in [6, 6.07) is 10.1. The maximum absolute atomic E-state index is 12.1. The topological polar surface area (TPSA) is 35.6 Å². The highest BCUT2D eigenvalue weighted by Gasteiger charge is 2.20. The standard InChI is InChI=1S/C17H27N3O/c1-2-3-7-10-19-11-13-20(14-12-19)17(21)18-15-16-8-5-4-6-9-16/h4-6,8-9H,2-3,7,10-15H2,1H3,(H,18,21). The van der Waals surface area contributed by atoms with Gasteiger partial charge in [0.15, 0.2) is 0 Å². The largest absolute Gasteiger partial charge is 0.334 e. The Labute approximate surface area is 128 Å². The van der Waals surface area contributed by atoms with Crippen LogP contribution in [0.5, 0.6) is 0 Å². The van der Waals surface area contributed by atoms with Crippen LogP contribution in [-0.4, -0.2) is 48.6 Å². The molecule has 1 aliphatic rings. The fourth-order valence-corrected chi connectivity index (χ4v) is 2.65. The van der Waals surface area contributed by atoms with E-state index in [0.29, 0.717) is 6.54 Å². The molecule has 1 N–H and O–H groups in total. The van der Waals surface area contributed by atoms with E-state index < -0.39 is 0 Å². The Balaban J connectivity index is 1.66. The third-order valence-electron chi connectivity index (χ3n) is 4.02. The average molecular weight is 289 g/mol. The lowest BCUT2D eigenvalue weighted by Gasteiger charge is -2.34. The van der Waals surface area contributed by atoms with Crippen molar-refractivity contribution in [3.05, 3.63) is 35.9 Å². The molecule has 21 heavy (non-hydrogen) atoms. The maximum atomic E-state index is 12.1. The van der Waals surface area contributed by atoms with Gasteiger partial charge in [0.1, 0.15) is 0 Å². The van der Waals surface area contributed by atoms with Gasteiger partial charge in [0.25, 0.3) is 0 Å². The molecule has 0 unspecified atom stereocenters. The molecular formula is C17H27N3O. The van der Waals surface area contributed by atoms with Crippen molar-refractivity contribution in [1.29, 1.82) is 0 Å². The van der Waals surface area contributed by atoms with E-state index in [-0.39, 0.29) is 6.03 Å². The molecule has 0 atom stereocenters. The average Bonchev–Trinajstić information content (AvgIpc) is 2.54. The van der Waals surface area contributed by atoms with Crippen LogP contribution < -0.4 is 5.32 Å². The van der Waals surface area contributed by atoms with Gasteiger partial charge in [0.2, 0.25) is 0 Å². The predicted octanol–water partition coefficient (Wildman–Crippen LogP) is 2.70. The Morgan fingerprint density at radius 2 is 1.81 bits per heavy atom. The Morgan fingerprint density at radius 1 is 1.10 bits per heavy atom. The van der Waals surface area contributed by atoms with Crippen molar-refractivity contribution in [2.24, 2.45) is 0 Å². The molecule has 4 heteroatoms. The number of carbonyl (C=O) groups is 1. The van der Waals surface area contributed by atoms with Crippen molar-refractivity contribution in [1.82, 2.24) is 15.1 Å². The van der Waals surface area contributed by atoms with E-state index in [0.717, 1.165) is 31.7 Å². The zero-order chi connectivity index (χ0) is 14.9. The lowest BCUT2D eigenvalue weighted by molar-refractivity contribution is 0.138. The summed E-state index contributed by atoms with van der Waals surface area (Å²) in [7, 11) is 0. The Morgan fingerprint density at radius 3 is 2.48 bits per heavy atom. The van der Waals surface area contributed by atoms with Crippen LogP contribution in [0.2, 0.25) is 0 Å². The van der Waals surface area contributed by atoms with Crippen molar-refractivity contribution < 1.29 is 4.79 Å². The van der Waals surface area contributed by atoms with E-state index in [1.807, 2.05) is 35.2 Å². The zero-order valence-electron chi connectivity index (χ0n) is 13.1. The highest BCUT2D eigenvalue weighted by Crippen LogP contribution is 2.05. The van der Waals surface area contributed by atoms with Crippen molar-refractivity contribution in [2.75, 3.05) is 32.7 Å². The highest BCUT2D eigenvalue weighted by atomic mass is 16.2. The molecule has 1 aromatic carbocycles. The van der Waals surface area contributed by atoms with Crippen LogP contribution in [0.4, 0.5) is 4.79 Å². The van der Waals surface area contributed by atoms with Crippen LogP contribution in [-0.2, 0) is 6.54 Å². The van der Waals surface area contributed by atoms with Crippen molar-refractivity contribution in [2.45, 2.75) is 32.7 Å². The van der Waals surface area contributed by atoms with Gasteiger partial charge in [-0.3, -0.25) is 4.90 Å². The van der Waals surface area contributed by atoms with Crippen LogP contribution in [0.15, 0.2) is 30.3 Å². The molecule has 1 fully saturated rings. The first-order valence-corrected chi connectivity index (χ1v) is 8.08. The lowest BCUT2D eigenvalue weighted by Crippen LogP contribution is -2.51. The number of nitrogens with one attached hydrogen (secondary N) is 1. The van der Waals surface area contributed by atoms with Crippen molar-refractivity contribution in [3.63, 3.8) is 0 Å². The van der Waals surface area contributed by atoms with E-state index in [2.05, 4.69) is 17.1 Å². The molecule has 1 heterocycles. The molecule has 2 amide bonds. The van der Waals surface area contributed by atoms with Crippen molar-refractivity contribution in [3.8, 4) is 0 Å². The van der Waals surface area contributed by atoms with Gasteiger partial charge in [-0.1, -0.05) is 50.1 Å². The first-order valence-electron chi connectivity index (χ1n) is 8.08. The molecule has 0 aliphatic carbocycles. The second kappa shape index (κ2) is 8.67. The highest BCUT2D eigenvalue weighted by molar-refractivity contribution is 5.74. The molecule has 0 aromatic heterocycles. The quantitative estimate of drug-likeness (QED) is 0.817. The minimum atomic E-state index is 0.0621. The minimum Gasteiger partial charge on any atom is -0.334 e. The molecule has 0 saturated carbocycles. The fourth-order valence-electron chi connectivity index (χ4n) is 2.65. The Hall–Kier alpha value is -1.55. The maximum Gasteiger partial charge on any atom is 0.317 e. The van der Waals surface area contributed by atoms with Gasteiger partial charge in [-0.15, -0.1) is 0 Å². The number of carbonyl (C=O) groups excluding carboxylic acids is 1. The second-order valence-corrected chi connectivity index (χ2v) is 5.68. The summed E-state index contributed by atoms with van der Waals surface area (Å²) in [5, 5.41) is 3.00. The molecule has 0 spiro atoms. The van der Waals surface area contributed by atoms with E-state index in [1.54, 1.807) is 0 Å². The van der Waals surface area contributed by atoms with Crippen LogP contribution in [0.1, 0.15) is 31.7 Å². The van der Waals surface area contributed by atoms with Gasteiger partial charge in [-0.2, -0.15) is 0 Å². The summed E-state index contributed by atoms with van der Waals surface area (Å²) in [4.78, 5) is 16.5. The van der Waals surface area contributed by atoms with Gasteiger partial charge < -0.3 is 10.2 Å².